The van der Waals surface area contributed by atoms with Crippen molar-refractivity contribution in [3.8, 4) is 0 Å². The summed E-state index contributed by atoms with van der Waals surface area (Å²) in [7, 11) is -1.39. The van der Waals surface area contributed by atoms with Crippen LogP contribution < -0.4 is 0 Å². The second-order valence-electron chi connectivity index (χ2n) is 2.89. The van der Waals surface area contributed by atoms with Crippen molar-refractivity contribution in [1.29, 1.82) is 0 Å². The van der Waals surface area contributed by atoms with Crippen LogP contribution in [0.4, 0.5) is 0 Å². The van der Waals surface area contributed by atoms with Gasteiger partial charge in [-0.05, 0) is 12.8 Å². The number of hydrogen-bond donors (Lipinski definition) is 0. The van der Waals surface area contributed by atoms with Gasteiger partial charge in [-0.1, -0.05) is 6.42 Å². The molecule has 0 aliphatic carbocycles. The minimum absolute atomic E-state index is 0.129. The Morgan fingerprint density at radius 3 is 2.38 bits per heavy atom. The summed E-state index contributed by atoms with van der Waals surface area (Å²) in [6.07, 6.45) is 2.48. The zero-order valence-electron chi connectivity index (χ0n) is 7.96. The fraction of sp³-hybridized carbons (Fsp3) is 1.00. The van der Waals surface area contributed by atoms with Crippen molar-refractivity contribution in [2.24, 2.45) is 0 Å². The molecular weight excluding hydrogens is 212 g/mol. The van der Waals surface area contributed by atoms with E-state index in [1.807, 2.05) is 0 Å². The lowest BCUT2D eigenvalue weighted by atomic mass is 10.3. The summed E-state index contributed by atoms with van der Waals surface area (Å²) in [6, 6.07) is 0. The number of hydrogen-bond acceptors (Lipinski definition) is 3. The van der Waals surface area contributed by atoms with E-state index >= 15 is 0 Å². The van der Waals surface area contributed by atoms with Crippen LogP contribution in [0.1, 0.15) is 19.3 Å². The van der Waals surface area contributed by atoms with Crippen molar-refractivity contribution < 1.29 is 13.2 Å². The number of alkyl halides is 1. The number of methoxy groups -OCH3 is 1. The summed E-state index contributed by atoms with van der Waals surface area (Å²) in [5, 5.41) is 0. The molecule has 0 fully saturated rings. The summed E-state index contributed by atoms with van der Waals surface area (Å²) in [5.41, 5.74) is 0. The minimum Gasteiger partial charge on any atom is -0.384 e. The standard InChI is InChI=1S/C8H17ClO3S/c1-12-6-8-13(10,11)7-4-2-3-5-9/h2-8H2,1H3. The van der Waals surface area contributed by atoms with Crippen molar-refractivity contribution in [2.45, 2.75) is 19.3 Å². The highest BCUT2D eigenvalue weighted by Gasteiger charge is 2.09. The highest BCUT2D eigenvalue weighted by atomic mass is 35.5. The first kappa shape index (κ1) is 13.2. The summed E-state index contributed by atoms with van der Waals surface area (Å²) >= 11 is 5.47. The van der Waals surface area contributed by atoms with E-state index in [0.717, 1.165) is 12.8 Å². The van der Waals surface area contributed by atoms with E-state index in [1.165, 1.54) is 7.11 Å². The maximum atomic E-state index is 11.2. The van der Waals surface area contributed by atoms with Crippen LogP contribution in [-0.2, 0) is 14.6 Å². The Kier molecular flexibility index (Phi) is 7.71. The van der Waals surface area contributed by atoms with Gasteiger partial charge < -0.3 is 4.74 Å². The van der Waals surface area contributed by atoms with Crippen LogP contribution in [0.15, 0.2) is 0 Å². The third kappa shape index (κ3) is 8.53. The van der Waals surface area contributed by atoms with Crippen molar-refractivity contribution in [2.75, 3.05) is 31.1 Å². The normalized spacial score (nSPS) is 11.8. The van der Waals surface area contributed by atoms with Gasteiger partial charge in [-0.3, -0.25) is 0 Å². The Labute approximate surface area is 85.3 Å². The van der Waals surface area contributed by atoms with Gasteiger partial charge in [0.15, 0.2) is 9.84 Å². The number of unbranched alkanes of at least 4 members (excludes halogenated alkanes) is 2. The average Bonchev–Trinajstić information content (AvgIpc) is 2.09. The van der Waals surface area contributed by atoms with Crippen LogP contribution in [0.5, 0.6) is 0 Å². The molecule has 0 atom stereocenters. The fourth-order valence-corrected chi connectivity index (χ4v) is 2.36. The van der Waals surface area contributed by atoms with Crippen LogP contribution in [0.3, 0.4) is 0 Å². The Bertz CT molecular complexity index is 201. The largest absolute Gasteiger partial charge is 0.384 e. The Hall–Kier alpha value is 0.200. The topological polar surface area (TPSA) is 43.4 Å². The Balaban J connectivity index is 3.52. The van der Waals surface area contributed by atoms with Crippen LogP contribution >= 0.6 is 11.6 Å². The van der Waals surface area contributed by atoms with Crippen molar-refractivity contribution in [3.05, 3.63) is 0 Å². The number of halogens is 1. The molecule has 0 spiro atoms. The lowest BCUT2D eigenvalue weighted by molar-refractivity contribution is 0.217. The van der Waals surface area contributed by atoms with E-state index in [9.17, 15) is 8.42 Å². The molecule has 0 aliphatic heterocycles. The molecule has 0 heterocycles. The molecule has 0 amide bonds. The molecule has 0 rings (SSSR count). The molecule has 13 heavy (non-hydrogen) atoms. The van der Waals surface area contributed by atoms with Crippen LogP contribution in [0.25, 0.3) is 0 Å². The highest BCUT2D eigenvalue weighted by molar-refractivity contribution is 7.91. The molecule has 3 nitrogen and oxygen atoms in total. The third-order valence-electron chi connectivity index (χ3n) is 1.69. The SMILES string of the molecule is COCCS(=O)(=O)CCCCCCl. The first-order valence-corrected chi connectivity index (χ1v) is 6.73. The smallest absolute Gasteiger partial charge is 0.152 e. The Morgan fingerprint density at radius 1 is 1.15 bits per heavy atom. The molecule has 5 heteroatoms. The van der Waals surface area contributed by atoms with Gasteiger partial charge in [-0.25, -0.2) is 8.42 Å². The van der Waals surface area contributed by atoms with Gasteiger partial charge in [0, 0.05) is 13.0 Å². The molecule has 0 radical (unpaired) electrons. The summed E-state index contributed by atoms with van der Waals surface area (Å²) in [6.45, 7) is 0.290. The maximum absolute atomic E-state index is 11.2. The number of rotatable bonds is 8. The van der Waals surface area contributed by atoms with E-state index in [1.54, 1.807) is 0 Å². The summed E-state index contributed by atoms with van der Waals surface area (Å²) < 4.78 is 27.2. The molecule has 0 aliphatic rings. The van der Waals surface area contributed by atoms with Crippen LogP contribution in [-0.4, -0.2) is 39.5 Å². The van der Waals surface area contributed by atoms with Gasteiger partial charge in [-0.2, -0.15) is 0 Å². The van der Waals surface area contributed by atoms with Gasteiger partial charge in [0.2, 0.25) is 0 Å². The van der Waals surface area contributed by atoms with Gasteiger partial charge in [0.1, 0.15) is 0 Å². The summed E-state index contributed by atoms with van der Waals surface area (Å²) in [4.78, 5) is 0. The lowest BCUT2D eigenvalue weighted by Crippen LogP contribution is -2.14. The monoisotopic (exact) mass is 228 g/mol. The van der Waals surface area contributed by atoms with Gasteiger partial charge in [-0.15, -0.1) is 11.6 Å². The zero-order valence-corrected chi connectivity index (χ0v) is 9.53. The highest BCUT2D eigenvalue weighted by Crippen LogP contribution is 2.01. The third-order valence-corrected chi connectivity index (χ3v) is 3.65. The zero-order chi connectivity index (χ0) is 10.2. The molecule has 0 bridgehead atoms. The molecule has 80 valence electrons. The van der Waals surface area contributed by atoms with Crippen LogP contribution in [0, 0.1) is 0 Å². The lowest BCUT2D eigenvalue weighted by Gasteiger charge is -2.02. The molecule has 0 unspecified atom stereocenters. The molecule has 0 aromatic rings. The molecule has 0 N–H and O–H groups in total. The van der Waals surface area contributed by atoms with Gasteiger partial charge in [0.25, 0.3) is 0 Å². The van der Waals surface area contributed by atoms with E-state index in [-0.39, 0.29) is 18.1 Å². The molecule has 0 saturated heterocycles. The van der Waals surface area contributed by atoms with Gasteiger partial charge >= 0.3 is 0 Å². The maximum Gasteiger partial charge on any atom is 0.152 e. The van der Waals surface area contributed by atoms with E-state index in [0.29, 0.717) is 12.3 Å². The first-order chi connectivity index (χ1) is 6.12. The van der Waals surface area contributed by atoms with Crippen molar-refractivity contribution >= 4 is 21.4 Å². The second-order valence-corrected chi connectivity index (χ2v) is 5.58. The quantitative estimate of drug-likeness (QED) is 0.467. The minimum atomic E-state index is -2.89. The van der Waals surface area contributed by atoms with Crippen molar-refractivity contribution in [3.63, 3.8) is 0 Å². The number of sulfone groups is 1. The van der Waals surface area contributed by atoms with E-state index < -0.39 is 9.84 Å². The summed E-state index contributed by atoms with van der Waals surface area (Å²) in [5.74, 6) is 0.996. The van der Waals surface area contributed by atoms with Gasteiger partial charge in [0.05, 0.1) is 18.1 Å². The average molecular weight is 229 g/mol. The molecule has 0 aromatic heterocycles. The molecule has 0 aromatic carbocycles. The first-order valence-electron chi connectivity index (χ1n) is 4.37. The second kappa shape index (κ2) is 7.59. The van der Waals surface area contributed by atoms with Crippen molar-refractivity contribution in [1.82, 2.24) is 0 Å². The molecular formula is C8H17ClO3S. The van der Waals surface area contributed by atoms with E-state index in [2.05, 4.69) is 0 Å². The molecule has 0 saturated carbocycles. The predicted molar refractivity (Wildman–Crippen MR) is 55.1 cm³/mol. The Morgan fingerprint density at radius 2 is 1.85 bits per heavy atom. The van der Waals surface area contributed by atoms with E-state index in [4.69, 9.17) is 16.3 Å². The van der Waals surface area contributed by atoms with Crippen LogP contribution in [0.2, 0.25) is 0 Å². The number of ether oxygens (including phenoxy) is 1. The predicted octanol–water partition coefficient (Wildman–Crippen LogP) is 1.46. The fourth-order valence-electron chi connectivity index (χ4n) is 0.906.